The Morgan fingerprint density at radius 2 is 0.962 bits per heavy atom. The zero-order valence-electron chi connectivity index (χ0n) is 16.8. The summed E-state index contributed by atoms with van der Waals surface area (Å²) in [4.78, 5) is 0. The SMILES string of the molecule is CCC1COC1CO[Si](C)(OCC1OCC1CC)OCC1OCC1CC. The third-order valence-electron chi connectivity index (χ3n) is 6.25. The average molecular weight is 389 g/mol. The van der Waals surface area contributed by atoms with E-state index in [0.717, 1.165) is 39.1 Å². The van der Waals surface area contributed by atoms with Gasteiger partial charge in [0, 0.05) is 24.3 Å². The van der Waals surface area contributed by atoms with Crippen LogP contribution in [0.25, 0.3) is 0 Å². The molecular weight excluding hydrogens is 352 g/mol. The second-order valence-corrected chi connectivity index (χ2v) is 10.5. The molecule has 3 saturated heterocycles. The van der Waals surface area contributed by atoms with Crippen molar-refractivity contribution in [3.8, 4) is 0 Å². The maximum absolute atomic E-state index is 6.20. The Morgan fingerprint density at radius 1 is 0.654 bits per heavy atom. The molecule has 0 aromatic carbocycles. The van der Waals surface area contributed by atoms with Crippen LogP contribution in [-0.4, -0.2) is 66.8 Å². The van der Waals surface area contributed by atoms with Gasteiger partial charge in [0.25, 0.3) is 0 Å². The van der Waals surface area contributed by atoms with Gasteiger partial charge in [-0.1, -0.05) is 20.8 Å². The number of rotatable bonds is 12. The minimum atomic E-state index is -2.75. The molecule has 6 nitrogen and oxygen atoms in total. The molecule has 3 aliphatic rings. The Labute approximate surface area is 159 Å². The van der Waals surface area contributed by atoms with Gasteiger partial charge < -0.3 is 27.5 Å². The van der Waals surface area contributed by atoms with Gasteiger partial charge in [0.15, 0.2) is 0 Å². The summed E-state index contributed by atoms with van der Waals surface area (Å²) in [5, 5.41) is 0. The minimum Gasteiger partial charge on any atom is -0.375 e. The minimum absolute atomic E-state index is 0.172. The molecule has 0 amide bonds. The molecule has 3 aliphatic heterocycles. The molecule has 0 saturated carbocycles. The Morgan fingerprint density at radius 3 is 1.15 bits per heavy atom. The van der Waals surface area contributed by atoms with Crippen molar-refractivity contribution in [1.29, 1.82) is 0 Å². The quantitative estimate of drug-likeness (QED) is 0.479. The first-order valence-electron chi connectivity index (χ1n) is 10.3. The summed E-state index contributed by atoms with van der Waals surface area (Å²) >= 11 is 0. The van der Waals surface area contributed by atoms with E-state index < -0.39 is 8.80 Å². The van der Waals surface area contributed by atoms with E-state index in [1.54, 1.807) is 0 Å². The Hall–Kier alpha value is -0.0231. The molecule has 0 radical (unpaired) electrons. The molecule has 6 atom stereocenters. The second kappa shape index (κ2) is 9.45. The zero-order chi connectivity index (χ0) is 18.6. The van der Waals surface area contributed by atoms with Gasteiger partial charge in [0.05, 0.1) is 58.0 Å². The van der Waals surface area contributed by atoms with Crippen LogP contribution in [0, 0.1) is 17.8 Å². The van der Waals surface area contributed by atoms with Crippen LogP contribution < -0.4 is 0 Å². The van der Waals surface area contributed by atoms with Crippen LogP contribution in [-0.2, 0) is 27.5 Å². The van der Waals surface area contributed by atoms with E-state index in [-0.39, 0.29) is 18.3 Å². The first-order chi connectivity index (χ1) is 12.6. The number of hydrogen-bond donors (Lipinski definition) is 0. The highest BCUT2D eigenvalue weighted by Crippen LogP contribution is 2.29. The molecule has 3 heterocycles. The van der Waals surface area contributed by atoms with Crippen molar-refractivity contribution in [3.05, 3.63) is 0 Å². The fourth-order valence-electron chi connectivity index (χ4n) is 3.63. The molecule has 0 bridgehead atoms. The van der Waals surface area contributed by atoms with Crippen molar-refractivity contribution in [1.82, 2.24) is 0 Å². The summed E-state index contributed by atoms with van der Waals surface area (Å²) in [5.74, 6) is 1.77. The average Bonchev–Trinajstić information content (AvgIpc) is 2.53. The smallest absolute Gasteiger partial charge is 0.375 e. The summed E-state index contributed by atoms with van der Waals surface area (Å²) in [6.07, 6.45) is 3.88. The summed E-state index contributed by atoms with van der Waals surface area (Å²) < 4.78 is 35.6. The largest absolute Gasteiger partial charge is 0.497 e. The highest BCUT2D eigenvalue weighted by atomic mass is 28.4. The molecule has 7 heteroatoms. The molecule has 0 spiro atoms. The van der Waals surface area contributed by atoms with Gasteiger partial charge in [-0.05, 0) is 19.3 Å². The van der Waals surface area contributed by atoms with Gasteiger partial charge in [-0.2, -0.15) is 0 Å². The fraction of sp³-hybridized carbons (Fsp3) is 1.00. The first kappa shape index (κ1) is 20.7. The maximum atomic E-state index is 6.20. The van der Waals surface area contributed by atoms with Crippen molar-refractivity contribution >= 4 is 8.80 Å². The Kier molecular flexibility index (Phi) is 7.53. The lowest BCUT2D eigenvalue weighted by Gasteiger charge is -2.41. The van der Waals surface area contributed by atoms with Crippen molar-refractivity contribution < 1.29 is 27.5 Å². The van der Waals surface area contributed by atoms with Crippen LogP contribution in [0.3, 0.4) is 0 Å². The summed E-state index contributed by atoms with van der Waals surface area (Å²) in [7, 11) is -2.75. The van der Waals surface area contributed by atoms with E-state index in [9.17, 15) is 0 Å². The molecule has 26 heavy (non-hydrogen) atoms. The van der Waals surface area contributed by atoms with E-state index in [2.05, 4.69) is 20.8 Å². The van der Waals surface area contributed by atoms with E-state index in [1.807, 2.05) is 6.55 Å². The van der Waals surface area contributed by atoms with E-state index in [4.69, 9.17) is 27.5 Å². The van der Waals surface area contributed by atoms with Crippen LogP contribution in [0.5, 0.6) is 0 Å². The van der Waals surface area contributed by atoms with Crippen LogP contribution in [0.1, 0.15) is 40.0 Å². The Bertz CT molecular complexity index is 370. The Balaban J connectivity index is 1.49. The van der Waals surface area contributed by atoms with Gasteiger partial charge in [-0.15, -0.1) is 0 Å². The number of ether oxygens (including phenoxy) is 3. The molecule has 6 unspecified atom stereocenters. The molecule has 0 aromatic heterocycles. The number of hydrogen-bond acceptors (Lipinski definition) is 6. The third kappa shape index (κ3) is 4.87. The maximum Gasteiger partial charge on any atom is 0.497 e. The topological polar surface area (TPSA) is 55.4 Å². The summed E-state index contributed by atoms with van der Waals surface area (Å²) in [5.41, 5.74) is 0. The van der Waals surface area contributed by atoms with E-state index >= 15 is 0 Å². The van der Waals surface area contributed by atoms with Crippen LogP contribution in [0.4, 0.5) is 0 Å². The predicted octanol–water partition coefficient (Wildman–Crippen LogP) is 2.88. The van der Waals surface area contributed by atoms with Gasteiger partial charge in [0.2, 0.25) is 0 Å². The first-order valence-corrected chi connectivity index (χ1v) is 12.6. The molecule has 152 valence electrons. The molecule has 0 N–H and O–H groups in total. The van der Waals surface area contributed by atoms with Gasteiger partial charge in [0.1, 0.15) is 0 Å². The molecule has 3 rings (SSSR count). The van der Waals surface area contributed by atoms with E-state index in [0.29, 0.717) is 37.6 Å². The lowest BCUT2D eigenvalue weighted by molar-refractivity contribution is -0.162. The van der Waals surface area contributed by atoms with E-state index in [1.165, 1.54) is 0 Å². The van der Waals surface area contributed by atoms with Crippen molar-refractivity contribution in [2.24, 2.45) is 17.8 Å². The molecule has 3 fully saturated rings. The fourth-order valence-corrected chi connectivity index (χ4v) is 5.28. The second-order valence-electron chi connectivity index (χ2n) is 7.92. The highest BCUT2D eigenvalue weighted by molar-refractivity contribution is 6.59. The lowest BCUT2D eigenvalue weighted by atomic mass is 9.96. The molecule has 0 aliphatic carbocycles. The standard InChI is InChI=1S/C19H36O6Si/c1-5-14-8-20-17(14)11-23-26(4,24-12-18-15(6-2)9-21-18)25-13-19-16(7-3)10-22-19/h14-19H,5-13H2,1-4H3. The van der Waals surface area contributed by atoms with Gasteiger partial charge in [-0.25, -0.2) is 0 Å². The van der Waals surface area contributed by atoms with Crippen LogP contribution in [0.15, 0.2) is 0 Å². The zero-order valence-corrected chi connectivity index (χ0v) is 17.8. The normalized spacial score (nSPS) is 38.8. The van der Waals surface area contributed by atoms with Gasteiger partial charge >= 0.3 is 8.80 Å². The van der Waals surface area contributed by atoms with Crippen molar-refractivity contribution in [2.75, 3.05) is 39.6 Å². The van der Waals surface area contributed by atoms with Gasteiger partial charge in [-0.3, -0.25) is 0 Å². The predicted molar refractivity (Wildman–Crippen MR) is 100 cm³/mol. The summed E-state index contributed by atoms with van der Waals surface area (Å²) in [6, 6.07) is 0. The summed E-state index contributed by atoms with van der Waals surface area (Å²) in [6.45, 7) is 12.7. The van der Waals surface area contributed by atoms with Crippen LogP contribution >= 0.6 is 0 Å². The van der Waals surface area contributed by atoms with Crippen molar-refractivity contribution in [3.63, 3.8) is 0 Å². The third-order valence-corrected chi connectivity index (χ3v) is 8.33. The van der Waals surface area contributed by atoms with Crippen molar-refractivity contribution in [2.45, 2.75) is 64.9 Å². The van der Waals surface area contributed by atoms with Crippen LogP contribution in [0.2, 0.25) is 6.55 Å². The monoisotopic (exact) mass is 388 g/mol. The molecular formula is C19H36O6Si. The lowest BCUT2D eigenvalue weighted by Crippen LogP contribution is -2.54. The molecule has 0 aromatic rings. The highest BCUT2D eigenvalue weighted by Gasteiger charge is 2.43.